The van der Waals surface area contributed by atoms with Gasteiger partial charge in [-0.25, -0.2) is 8.42 Å². The smallest absolute Gasteiger partial charge is 0.264 e. The van der Waals surface area contributed by atoms with Gasteiger partial charge in [-0.1, -0.05) is 66.8 Å². The third kappa shape index (κ3) is 6.05. The lowest BCUT2D eigenvalue weighted by molar-refractivity contribution is -0.114. The Labute approximate surface area is 191 Å². The first-order valence-electron chi connectivity index (χ1n) is 9.61. The lowest BCUT2D eigenvalue weighted by atomic mass is 10.2. The molecule has 0 saturated heterocycles. The van der Waals surface area contributed by atoms with E-state index < -0.39 is 15.9 Å². The predicted octanol–water partition coefficient (Wildman–Crippen LogP) is 4.49. The minimum absolute atomic E-state index is 0.124. The SMILES string of the molecule is Cc1ccc(S(=O)(=O)N(CC(=O)Nc2nnc(SC(C)C)s2)c2cccc(C)c2)cc1. The van der Waals surface area contributed by atoms with Crippen LogP contribution < -0.4 is 9.62 Å². The van der Waals surface area contributed by atoms with Crippen molar-refractivity contribution in [2.24, 2.45) is 0 Å². The molecule has 0 aliphatic heterocycles. The normalized spacial score (nSPS) is 11.5. The maximum Gasteiger partial charge on any atom is 0.264 e. The van der Waals surface area contributed by atoms with Crippen LogP contribution in [-0.2, 0) is 14.8 Å². The molecular weight excluding hydrogens is 452 g/mol. The largest absolute Gasteiger partial charge is 0.299 e. The van der Waals surface area contributed by atoms with E-state index in [0.29, 0.717) is 16.1 Å². The van der Waals surface area contributed by atoms with Crippen LogP contribution in [0.5, 0.6) is 0 Å². The molecule has 0 radical (unpaired) electrons. The second-order valence-electron chi connectivity index (χ2n) is 7.25. The molecule has 3 aromatic rings. The molecule has 0 saturated carbocycles. The van der Waals surface area contributed by atoms with Crippen molar-refractivity contribution in [1.29, 1.82) is 0 Å². The zero-order valence-corrected chi connectivity index (χ0v) is 20.1. The summed E-state index contributed by atoms with van der Waals surface area (Å²) in [6.07, 6.45) is 0. The zero-order chi connectivity index (χ0) is 22.6. The van der Waals surface area contributed by atoms with Gasteiger partial charge in [-0.05, 0) is 43.7 Å². The molecule has 7 nitrogen and oxygen atoms in total. The first-order chi connectivity index (χ1) is 14.6. The van der Waals surface area contributed by atoms with E-state index in [1.165, 1.54) is 11.3 Å². The summed E-state index contributed by atoms with van der Waals surface area (Å²) in [6, 6.07) is 13.6. The average molecular weight is 477 g/mol. The van der Waals surface area contributed by atoms with Crippen LogP contribution in [0.2, 0.25) is 0 Å². The summed E-state index contributed by atoms with van der Waals surface area (Å²) >= 11 is 2.81. The summed E-state index contributed by atoms with van der Waals surface area (Å²) in [5.41, 5.74) is 2.26. The van der Waals surface area contributed by atoms with Crippen molar-refractivity contribution in [2.75, 3.05) is 16.2 Å². The fourth-order valence-electron chi connectivity index (χ4n) is 2.73. The molecule has 0 atom stereocenters. The number of hydrogen-bond donors (Lipinski definition) is 1. The van der Waals surface area contributed by atoms with Crippen molar-refractivity contribution < 1.29 is 13.2 Å². The summed E-state index contributed by atoms with van der Waals surface area (Å²) in [5.74, 6) is -0.491. The number of rotatable bonds is 8. The second kappa shape index (κ2) is 9.80. The van der Waals surface area contributed by atoms with E-state index in [2.05, 4.69) is 15.5 Å². The molecule has 1 N–H and O–H groups in total. The Kier molecular flexibility index (Phi) is 7.34. The van der Waals surface area contributed by atoms with Gasteiger partial charge < -0.3 is 0 Å². The van der Waals surface area contributed by atoms with Crippen molar-refractivity contribution in [3.8, 4) is 0 Å². The molecule has 0 aliphatic rings. The molecule has 3 rings (SSSR count). The Morgan fingerprint density at radius 3 is 2.45 bits per heavy atom. The fraction of sp³-hybridized carbons (Fsp3) is 0.286. The average Bonchev–Trinajstić information content (AvgIpc) is 3.12. The van der Waals surface area contributed by atoms with Crippen LogP contribution in [0, 0.1) is 13.8 Å². The van der Waals surface area contributed by atoms with Crippen LogP contribution in [-0.4, -0.2) is 36.3 Å². The monoisotopic (exact) mass is 476 g/mol. The number of aromatic nitrogens is 2. The Bertz CT molecular complexity index is 1160. The zero-order valence-electron chi connectivity index (χ0n) is 17.7. The number of aryl methyl sites for hydroxylation is 2. The lowest BCUT2D eigenvalue weighted by Crippen LogP contribution is -2.38. The number of nitrogens with one attached hydrogen (secondary N) is 1. The van der Waals surface area contributed by atoms with Gasteiger partial charge in [-0.3, -0.25) is 14.4 Å². The number of amides is 1. The van der Waals surface area contributed by atoms with E-state index in [4.69, 9.17) is 0 Å². The van der Waals surface area contributed by atoms with Gasteiger partial charge >= 0.3 is 0 Å². The molecular formula is C21H24N4O3S3. The number of anilines is 2. The molecule has 10 heteroatoms. The third-order valence-corrected chi connectivity index (χ3v) is 7.89. The molecule has 0 fully saturated rings. The van der Waals surface area contributed by atoms with Gasteiger partial charge in [0, 0.05) is 5.25 Å². The van der Waals surface area contributed by atoms with Crippen molar-refractivity contribution in [2.45, 2.75) is 42.2 Å². The molecule has 164 valence electrons. The van der Waals surface area contributed by atoms with E-state index in [1.807, 2.05) is 33.8 Å². The Morgan fingerprint density at radius 2 is 1.81 bits per heavy atom. The number of hydrogen-bond acceptors (Lipinski definition) is 7. The van der Waals surface area contributed by atoms with Crippen molar-refractivity contribution >= 4 is 49.8 Å². The highest BCUT2D eigenvalue weighted by atomic mass is 32.2. The molecule has 1 amide bonds. The van der Waals surface area contributed by atoms with Gasteiger partial charge in [0.25, 0.3) is 10.0 Å². The topological polar surface area (TPSA) is 92.3 Å². The molecule has 0 bridgehead atoms. The Balaban J connectivity index is 1.87. The van der Waals surface area contributed by atoms with Gasteiger partial charge in [0.15, 0.2) is 4.34 Å². The van der Waals surface area contributed by atoms with Crippen LogP contribution in [0.1, 0.15) is 25.0 Å². The molecule has 31 heavy (non-hydrogen) atoms. The molecule has 0 spiro atoms. The van der Waals surface area contributed by atoms with E-state index in [0.717, 1.165) is 19.8 Å². The maximum atomic E-state index is 13.4. The summed E-state index contributed by atoms with van der Waals surface area (Å²) in [6.45, 7) is 7.46. The summed E-state index contributed by atoms with van der Waals surface area (Å²) in [7, 11) is -3.95. The lowest BCUT2D eigenvalue weighted by Gasteiger charge is -2.24. The van der Waals surface area contributed by atoms with Crippen LogP contribution in [0.3, 0.4) is 0 Å². The summed E-state index contributed by atoms with van der Waals surface area (Å²) in [4.78, 5) is 12.9. The maximum absolute atomic E-state index is 13.4. The Hall–Kier alpha value is -2.43. The highest BCUT2D eigenvalue weighted by Gasteiger charge is 2.27. The summed E-state index contributed by atoms with van der Waals surface area (Å²) in [5, 5.41) is 11.4. The van der Waals surface area contributed by atoms with Gasteiger partial charge in [0.05, 0.1) is 10.6 Å². The molecule has 0 unspecified atom stereocenters. The van der Waals surface area contributed by atoms with E-state index in [9.17, 15) is 13.2 Å². The predicted molar refractivity (Wildman–Crippen MR) is 126 cm³/mol. The highest BCUT2D eigenvalue weighted by Crippen LogP contribution is 2.29. The first kappa shape index (κ1) is 23.2. The Morgan fingerprint density at radius 1 is 1.10 bits per heavy atom. The van der Waals surface area contributed by atoms with Gasteiger partial charge in [0.2, 0.25) is 11.0 Å². The number of carbonyl (C=O) groups excluding carboxylic acids is 1. The molecule has 1 heterocycles. The van der Waals surface area contributed by atoms with Crippen LogP contribution in [0.15, 0.2) is 57.8 Å². The van der Waals surface area contributed by atoms with E-state index >= 15 is 0 Å². The minimum atomic E-state index is -3.95. The van der Waals surface area contributed by atoms with Crippen molar-refractivity contribution in [3.05, 3.63) is 59.7 Å². The van der Waals surface area contributed by atoms with Gasteiger partial charge in [-0.2, -0.15) is 0 Å². The van der Waals surface area contributed by atoms with Gasteiger partial charge in [0.1, 0.15) is 6.54 Å². The number of sulfonamides is 1. The van der Waals surface area contributed by atoms with E-state index in [1.54, 1.807) is 54.2 Å². The van der Waals surface area contributed by atoms with Crippen molar-refractivity contribution in [3.63, 3.8) is 0 Å². The van der Waals surface area contributed by atoms with Crippen LogP contribution in [0.25, 0.3) is 0 Å². The highest BCUT2D eigenvalue weighted by molar-refractivity contribution is 8.01. The number of benzene rings is 2. The third-order valence-electron chi connectivity index (χ3n) is 4.18. The van der Waals surface area contributed by atoms with Crippen LogP contribution in [0.4, 0.5) is 10.8 Å². The van der Waals surface area contributed by atoms with E-state index in [-0.39, 0.29) is 11.4 Å². The van der Waals surface area contributed by atoms with Crippen molar-refractivity contribution in [1.82, 2.24) is 10.2 Å². The standard InChI is InChI=1S/C21H24N4O3S3/c1-14(2)29-21-24-23-20(30-21)22-19(26)13-25(17-7-5-6-16(4)12-17)31(27,28)18-10-8-15(3)9-11-18/h5-12,14H,13H2,1-4H3,(H,22,23,26). The number of nitrogens with zero attached hydrogens (tertiary/aromatic N) is 3. The molecule has 2 aromatic carbocycles. The first-order valence-corrected chi connectivity index (χ1v) is 12.7. The number of carbonyl (C=O) groups is 1. The van der Waals surface area contributed by atoms with Gasteiger partial charge in [-0.15, -0.1) is 10.2 Å². The fourth-order valence-corrected chi connectivity index (χ4v) is 6.14. The number of thioether (sulfide) groups is 1. The second-order valence-corrected chi connectivity index (χ2v) is 11.9. The van der Waals surface area contributed by atoms with Crippen LogP contribution >= 0.6 is 23.1 Å². The minimum Gasteiger partial charge on any atom is -0.299 e. The molecule has 1 aromatic heterocycles. The quantitative estimate of drug-likeness (QED) is 0.380. The summed E-state index contributed by atoms with van der Waals surface area (Å²) < 4.78 is 28.6. The molecule has 0 aliphatic carbocycles.